The highest BCUT2D eigenvalue weighted by Gasteiger charge is 2.48. The molecule has 1 rings (SSSR count). The van der Waals surface area contributed by atoms with Gasteiger partial charge in [-0.2, -0.15) is 0 Å². The minimum absolute atomic E-state index is 0.0646. The lowest BCUT2D eigenvalue weighted by Crippen LogP contribution is -2.46. The zero-order valence-corrected chi connectivity index (χ0v) is 19.1. The van der Waals surface area contributed by atoms with E-state index in [1.807, 2.05) is 13.8 Å². The van der Waals surface area contributed by atoms with Gasteiger partial charge in [0.15, 0.2) is 0 Å². The Morgan fingerprint density at radius 3 is 2.50 bits per heavy atom. The molecule has 0 aromatic heterocycles. The molecular weight excluding hydrogens is 398 g/mol. The number of hydrogen-bond donors (Lipinski definition) is 0. The minimum atomic E-state index is -0.823. The molecule has 0 radical (unpaired) electrons. The average molecular weight is 432 g/mol. The Bertz CT molecular complexity index is 559. The van der Waals surface area contributed by atoms with Gasteiger partial charge in [-0.15, -0.1) is 0 Å². The molecule has 1 atom stereocenters. The van der Waals surface area contributed by atoms with E-state index >= 15 is 0 Å². The smallest absolute Gasteiger partial charge is 0.149 e. The molecule has 0 aliphatic heterocycles. The molecule has 1 unspecified atom stereocenters. The van der Waals surface area contributed by atoms with Gasteiger partial charge < -0.3 is 9.39 Å². The van der Waals surface area contributed by atoms with E-state index in [1.54, 1.807) is 6.08 Å². The number of carbonyl (C=O) groups excluding carboxylic acids is 2. The van der Waals surface area contributed by atoms with Crippen LogP contribution in [0, 0.1) is 17.3 Å². The van der Waals surface area contributed by atoms with E-state index in [4.69, 9.17) is 16.4 Å². The van der Waals surface area contributed by atoms with Crippen LogP contribution in [0.15, 0.2) is 16.8 Å². The normalized spacial score (nSPS) is 25.0. The second kappa shape index (κ2) is 12.7. The lowest BCUT2D eigenvalue weighted by molar-refractivity contribution is -0.139. The van der Waals surface area contributed by atoms with Crippen molar-refractivity contribution >= 4 is 40.1 Å². The summed E-state index contributed by atoms with van der Waals surface area (Å²) in [5, 5.41) is 4.09. The van der Waals surface area contributed by atoms with E-state index in [0.29, 0.717) is 36.5 Å². The Hall–Kier alpha value is -0.850. The molecule has 0 heterocycles. The maximum atomic E-state index is 13.0. The van der Waals surface area contributed by atoms with E-state index in [2.05, 4.69) is 19.0 Å². The van der Waals surface area contributed by atoms with E-state index in [0.717, 1.165) is 19.3 Å². The first kappa shape index (κ1) is 25.2. The van der Waals surface area contributed by atoms with Gasteiger partial charge in [-0.25, -0.2) is 0 Å². The van der Waals surface area contributed by atoms with Crippen LogP contribution in [-0.2, 0) is 25.6 Å². The van der Waals surface area contributed by atoms with Crippen LogP contribution in [0.2, 0.25) is 0 Å². The molecule has 0 aromatic rings. The molecule has 1 aliphatic carbocycles. The summed E-state index contributed by atoms with van der Waals surface area (Å²) in [4.78, 5) is 31.3. The molecule has 1 fully saturated rings. The number of nitrogens with zero attached hydrogens (tertiary/aromatic N) is 1. The van der Waals surface area contributed by atoms with E-state index < -0.39 is 17.1 Å². The van der Waals surface area contributed by atoms with Crippen molar-refractivity contribution in [2.75, 3.05) is 18.1 Å². The molecule has 28 heavy (non-hydrogen) atoms. The lowest BCUT2D eigenvalue weighted by Gasteiger charge is -2.42. The summed E-state index contributed by atoms with van der Waals surface area (Å²) < 4.78 is 11.8. The fourth-order valence-corrected chi connectivity index (χ4v) is 4.64. The van der Waals surface area contributed by atoms with Gasteiger partial charge in [0.1, 0.15) is 35.6 Å². The highest BCUT2D eigenvalue weighted by Crippen LogP contribution is 2.45. The van der Waals surface area contributed by atoms with Gasteiger partial charge in [0.25, 0.3) is 0 Å². The molecule has 7 heteroatoms. The van der Waals surface area contributed by atoms with Gasteiger partial charge in [0.05, 0.1) is 5.71 Å². The third-order valence-electron chi connectivity index (χ3n) is 5.57. The lowest BCUT2D eigenvalue weighted by atomic mass is 9.60. The number of carbonyl (C=O) groups is 2. The SMILES string of the molecule is CCCC(=NOCC=CCl)[C@H]1C(=O)C[C@@](CCC[S+]([O-])CC)(C(C)C)CC1=O. The van der Waals surface area contributed by atoms with Crippen LogP contribution in [0.3, 0.4) is 0 Å². The third kappa shape index (κ3) is 7.20. The Balaban J connectivity index is 2.93. The van der Waals surface area contributed by atoms with Gasteiger partial charge in [-0.1, -0.05) is 55.1 Å². The maximum absolute atomic E-state index is 13.0. The number of ketones is 2. The van der Waals surface area contributed by atoms with Gasteiger partial charge in [-0.05, 0) is 43.6 Å². The van der Waals surface area contributed by atoms with Crippen LogP contribution in [-0.4, -0.2) is 39.9 Å². The van der Waals surface area contributed by atoms with E-state index in [1.165, 1.54) is 5.54 Å². The third-order valence-corrected chi connectivity index (χ3v) is 7.14. The van der Waals surface area contributed by atoms with E-state index in [-0.39, 0.29) is 29.5 Å². The Morgan fingerprint density at radius 2 is 2.00 bits per heavy atom. The zero-order chi connectivity index (χ0) is 21.2. The first-order chi connectivity index (χ1) is 13.3. The van der Waals surface area contributed by atoms with Gasteiger partial charge in [0.2, 0.25) is 0 Å². The predicted molar refractivity (Wildman–Crippen MR) is 116 cm³/mol. The van der Waals surface area contributed by atoms with Crippen LogP contribution >= 0.6 is 11.6 Å². The number of rotatable bonds is 12. The molecule has 0 spiro atoms. The van der Waals surface area contributed by atoms with Crippen LogP contribution in [0.5, 0.6) is 0 Å². The van der Waals surface area contributed by atoms with Crippen LogP contribution in [0.25, 0.3) is 0 Å². The number of halogens is 1. The number of oxime groups is 1. The molecule has 1 saturated carbocycles. The van der Waals surface area contributed by atoms with Gasteiger partial charge in [0, 0.05) is 18.4 Å². The molecule has 1 aliphatic rings. The summed E-state index contributed by atoms with van der Waals surface area (Å²) in [7, 11) is 0. The minimum Gasteiger partial charge on any atom is -0.616 e. The quantitative estimate of drug-likeness (QED) is 0.148. The van der Waals surface area contributed by atoms with Crippen molar-refractivity contribution in [2.24, 2.45) is 22.4 Å². The molecule has 5 nitrogen and oxygen atoms in total. The maximum Gasteiger partial charge on any atom is 0.149 e. The second-order valence-electron chi connectivity index (χ2n) is 7.76. The fourth-order valence-electron chi connectivity index (χ4n) is 3.81. The summed E-state index contributed by atoms with van der Waals surface area (Å²) in [6, 6.07) is 0. The standard InChI is InChI=1S/C21H34ClNO4S/c1-5-9-17(23-27-12-8-11-22)20-18(24)14-21(16(3)4,15-19(20)25)10-7-13-28(26)6-2/h8,11,16,20H,5-7,9-10,12-15H2,1-4H3/t20-,21+,28?. The molecule has 0 N–H and O–H groups in total. The second-order valence-corrected chi connectivity index (χ2v) is 9.88. The average Bonchev–Trinajstić information content (AvgIpc) is 2.64. The summed E-state index contributed by atoms with van der Waals surface area (Å²) in [5.41, 5.74) is 1.52. The molecular formula is C21H34ClNO4S. The van der Waals surface area contributed by atoms with Crippen molar-refractivity contribution in [3.63, 3.8) is 0 Å². The van der Waals surface area contributed by atoms with Crippen molar-refractivity contribution in [1.29, 1.82) is 0 Å². The monoisotopic (exact) mass is 431 g/mol. The first-order valence-electron chi connectivity index (χ1n) is 10.2. The molecule has 0 saturated heterocycles. The zero-order valence-electron chi connectivity index (χ0n) is 17.5. The molecule has 0 bridgehead atoms. The fraction of sp³-hybridized carbons (Fsp3) is 0.762. The molecule has 0 aromatic carbocycles. The van der Waals surface area contributed by atoms with Crippen LogP contribution in [0.1, 0.15) is 66.2 Å². The predicted octanol–water partition coefficient (Wildman–Crippen LogP) is 4.65. The highest BCUT2D eigenvalue weighted by molar-refractivity contribution is 7.91. The topological polar surface area (TPSA) is 78.8 Å². The van der Waals surface area contributed by atoms with Crippen molar-refractivity contribution in [1.82, 2.24) is 0 Å². The van der Waals surface area contributed by atoms with Crippen molar-refractivity contribution in [3.05, 3.63) is 11.6 Å². The first-order valence-corrected chi connectivity index (χ1v) is 12.1. The molecule has 0 amide bonds. The summed E-state index contributed by atoms with van der Waals surface area (Å²) >= 11 is 4.64. The van der Waals surface area contributed by atoms with Crippen molar-refractivity contribution in [3.8, 4) is 0 Å². The van der Waals surface area contributed by atoms with Crippen LogP contribution in [0.4, 0.5) is 0 Å². The van der Waals surface area contributed by atoms with Gasteiger partial charge in [-0.3, -0.25) is 9.59 Å². The Labute approximate surface area is 177 Å². The van der Waals surface area contributed by atoms with Gasteiger partial charge >= 0.3 is 0 Å². The van der Waals surface area contributed by atoms with Crippen molar-refractivity contribution in [2.45, 2.75) is 66.2 Å². The largest absolute Gasteiger partial charge is 0.616 e. The summed E-state index contributed by atoms with van der Waals surface area (Å²) in [5.74, 6) is 0.547. The summed E-state index contributed by atoms with van der Waals surface area (Å²) in [6.07, 6.45) is 5.18. The van der Waals surface area contributed by atoms with Crippen molar-refractivity contribution < 1.29 is 19.0 Å². The molecule has 160 valence electrons. The van der Waals surface area contributed by atoms with Crippen LogP contribution < -0.4 is 0 Å². The Kier molecular flexibility index (Phi) is 11.4. The van der Waals surface area contributed by atoms with E-state index in [9.17, 15) is 14.1 Å². The number of hydrogen-bond acceptors (Lipinski definition) is 5. The summed E-state index contributed by atoms with van der Waals surface area (Å²) in [6.45, 7) is 8.24. The Morgan fingerprint density at radius 1 is 1.36 bits per heavy atom. The number of Topliss-reactive ketones (excluding diaryl/α,β-unsaturated/α-hetero) is 2. The highest BCUT2D eigenvalue weighted by atomic mass is 35.5.